The summed E-state index contributed by atoms with van der Waals surface area (Å²) in [5.41, 5.74) is 1.35. The Morgan fingerprint density at radius 3 is 2.43 bits per heavy atom. The minimum absolute atomic E-state index is 0. The van der Waals surface area contributed by atoms with Crippen molar-refractivity contribution in [2.75, 3.05) is 38.7 Å². The molecule has 0 N–H and O–H groups in total. The highest BCUT2D eigenvalue weighted by molar-refractivity contribution is 7.22. The van der Waals surface area contributed by atoms with Gasteiger partial charge >= 0.3 is 0 Å². The van der Waals surface area contributed by atoms with Gasteiger partial charge in [-0.15, -0.1) is 12.4 Å². The molecular weight excluding hydrogens is 482 g/mol. The van der Waals surface area contributed by atoms with Gasteiger partial charge in [-0.25, -0.2) is 4.98 Å². The fourth-order valence-corrected chi connectivity index (χ4v) is 4.61. The number of amides is 1. The van der Waals surface area contributed by atoms with Crippen LogP contribution in [0.3, 0.4) is 0 Å². The molecule has 1 heterocycles. The molecule has 0 fully saturated rings. The molecule has 6 nitrogen and oxygen atoms in total. The number of ether oxygens (including phenoxy) is 2. The Morgan fingerprint density at radius 1 is 0.943 bits per heavy atom. The summed E-state index contributed by atoms with van der Waals surface area (Å²) in [7, 11) is 4.06. The lowest BCUT2D eigenvalue weighted by molar-refractivity contribution is 0.0985. The van der Waals surface area contributed by atoms with Crippen LogP contribution < -0.4 is 14.4 Å². The summed E-state index contributed by atoms with van der Waals surface area (Å²) < 4.78 is 12.7. The van der Waals surface area contributed by atoms with Crippen LogP contribution in [0.25, 0.3) is 10.2 Å². The van der Waals surface area contributed by atoms with Crippen LogP contribution in [0.2, 0.25) is 0 Å². The topological polar surface area (TPSA) is 54.9 Å². The number of para-hydroxylation sites is 2. The zero-order chi connectivity index (χ0) is 23.9. The van der Waals surface area contributed by atoms with Gasteiger partial charge in [-0.1, -0.05) is 41.7 Å². The number of nitrogens with zero attached hydrogens (tertiary/aromatic N) is 3. The van der Waals surface area contributed by atoms with E-state index in [1.807, 2.05) is 87.7 Å². The van der Waals surface area contributed by atoms with E-state index in [-0.39, 0.29) is 18.3 Å². The third kappa shape index (κ3) is 6.72. The number of carbonyl (C=O) groups excluding carboxylic acids is 1. The molecule has 0 bridgehead atoms. The van der Waals surface area contributed by atoms with Crippen LogP contribution in [0.15, 0.2) is 72.8 Å². The summed E-state index contributed by atoms with van der Waals surface area (Å²) in [5, 5.41) is 0.667. The van der Waals surface area contributed by atoms with E-state index in [4.69, 9.17) is 14.5 Å². The Labute approximate surface area is 216 Å². The van der Waals surface area contributed by atoms with Gasteiger partial charge in [0.2, 0.25) is 0 Å². The molecule has 1 amide bonds. The predicted octanol–water partition coefficient (Wildman–Crippen LogP) is 6.51. The Balaban J connectivity index is 0.00000342. The number of anilines is 1. The van der Waals surface area contributed by atoms with Crippen LogP contribution in [0, 0.1) is 0 Å². The fourth-order valence-electron chi connectivity index (χ4n) is 3.60. The zero-order valence-corrected chi connectivity index (χ0v) is 21.8. The number of fused-ring (bicyclic) bond motifs is 1. The van der Waals surface area contributed by atoms with Crippen molar-refractivity contribution in [3.8, 4) is 17.2 Å². The second kappa shape index (κ2) is 12.5. The van der Waals surface area contributed by atoms with Gasteiger partial charge in [-0.05, 0) is 76.4 Å². The summed E-state index contributed by atoms with van der Waals surface area (Å²) in [6.07, 6.45) is 0.827. The van der Waals surface area contributed by atoms with Crippen molar-refractivity contribution in [1.82, 2.24) is 9.88 Å². The summed E-state index contributed by atoms with van der Waals surface area (Å²) >= 11 is 1.50. The molecule has 4 rings (SSSR count). The van der Waals surface area contributed by atoms with Crippen LogP contribution in [-0.4, -0.2) is 49.6 Å². The number of hydrogen-bond acceptors (Lipinski definition) is 6. The van der Waals surface area contributed by atoms with Crippen LogP contribution in [0.5, 0.6) is 17.2 Å². The number of carbonyl (C=O) groups is 1. The van der Waals surface area contributed by atoms with Crippen LogP contribution in [0.4, 0.5) is 5.13 Å². The Hall–Kier alpha value is -3.13. The van der Waals surface area contributed by atoms with Crippen LogP contribution >= 0.6 is 23.7 Å². The normalized spacial score (nSPS) is 10.7. The molecule has 8 heteroatoms. The Bertz CT molecular complexity index is 1250. The van der Waals surface area contributed by atoms with Crippen LogP contribution in [0.1, 0.15) is 23.7 Å². The fraction of sp³-hybridized carbons (Fsp3) is 0.259. The van der Waals surface area contributed by atoms with Gasteiger partial charge in [-0.3, -0.25) is 9.69 Å². The van der Waals surface area contributed by atoms with E-state index in [9.17, 15) is 4.79 Å². The third-order valence-electron chi connectivity index (χ3n) is 5.19. The van der Waals surface area contributed by atoms with Crippen molar-refractivity contribution in [3.63, 3.8) is 0 Å². The molecule has 0 aliphatic heterocycles. The molecule has 0 unspecified atom stereocenters. The van der Waals surface area contributed by atoms with Gasteiger partial charge in [0.05, 0.1) is 11.3 Å². The first-order valence-electron chi connectivity index (χ1n) is 11.4. The highest BCUT2D eigenvalue weighted by Gasteiger charge is 2.22. The third-order valence-corrected chi connectivity index (χ3v) is 6.24. The SMILES string of the molecule is CCOc1cccc2sc(N(CCCN(C)C)C(=O)c3cccc(Oc4ccccc4)c3)nc12.Cl. The maximum absolute atomic E-state index is 13.7. The van der Waals surface area contributed by atoms with E-state index in [0.29, 0.717) is 29.6 Å². The first kappa shape index (κ1) is 26.5. The van der Waals surface area contributed by atoms with Crippen molar-refractivity contribution in [3.05, 3.63) is 78.4 Å². The Morgan fingerprint density at radius 2 is 1.69 bits per heavy atom. The second-order valence-corrected chi connectivity index (χ2v) is 9.10. The van der Waals surface area contributed by atoms with Crippen LogP contribution in [-0.2, 0) is 0 Å². The molecule has 0 saturated heterocycles. The number of thiazole rings is 1. The standard InChI is InChI=1S/C27H29N3O3S.ClH/c1-4-32-23-15-9-16-24-25(23)28-27(34-24)30(18-10-17-29(2)3)26(31)20-11-8-14-22(19-20)33-21-12-6-5-7-13-21;/h5-9,11-16,19H,4,10,17-18H2,1-3H3;1H. The molecule has 35 heavy (non-hydrogen) atoms. The lowest BCUT2D eigenvalue weighted by atomic mass is 10.2. The number of benzene rings is 3. The molecule has 0 aliphatic carbocycles. The average molecular weight is 512 g/mol. The highest BCUT2D eigenvalue weighted by atomic mass is 35.5. The van der Waals surface area contributed by atoms with E-state index in [2.05, 4.69) is 4.90 Å². The van der Waals surface area contributed by atoms with E-state index in [1.54, 1.807) is 11.0 Å². The monoisotopic (exact) mass is 511 g/mol. The molecule has 0 atom stereocenters. The second-order valence-electron chi connectivity index (χ2n) is 8.09. The highest BCUT2D eigenvalue weighted by Crippen LogP contribution is 2.35. The molecule has 184 valence electrons. The lowest BCUT2D eigenvalue weighted by Crippen LogP contribution is -2.33. The minimum Gasteiger partial charge on any atom is -0.492 e. The quantitative estimate of drug-likeness (QED) is 0.243. The number of hydrogen-bond donors (Lipinski definition) is 0. The molecule has 0 radical (unpaired) electrons. The molecule has 0 saturated carbocycles. The summed E-state index contributed by atoms with van der Waals surface area (Å²) in [5.74, 6) is 1.98. The van der Waals surface area contributed by atoms with Crippen molar-refractivity contribution in [2.45, 2.75) is 13.3 Å². The van der Waals surface area contributed by atoms with E-state index in [1.165, 1.54) is 11.3 Å². The van der Waals surface area contributed by atoms with E-state index < -0.39 is 0 Å². The summed E-state index contributed by atoms with van der Waals surface area (Å²) in [4.78, 5) is 22.4. The first-order chi connectivity index (χ1) is 16.5. The molecule has 1 aromatic heterocycles. The van der Waals surface area contributed by atoms with Crippen molar-refractivity contribution in [2.24, 2.45) is 0 Å². The Kier molecular flexibility index (Phi) is 9.48. The number of halogens is 1. The van der Waals surface area contributed by atoms with Gasteiger partial charge in [0.15, 0.2) is 5.13 Å². The average Bonchev–Trinajstić information content (AvgIpc) is 3.27. The first-order valence-corrected chi connectivity index (χ1v) is 12.2. The predicted molar refractivity (Wildman–Crippen MR) is 146 cm³/mol. The van der Waals surface area contributed by atoms with Crippen molar-refractivity contribution < 1.29 is 14.3 Å². The summed E-state index contributed by atoms with van der Waals surface area (Å²) in [6.45, 7) is 3.94. The molecule has 3 aromatic carbocycles. The number of rotatable bonds is 10. The largest absolute Gasteiger partial charge is 0.492 e. The molecule has 0 aliphatic rings. The van der Waals surface area contributed by atoms with Gasteiger partial charge < -0.3 is 14.4 Å². The van der Waals surface area contributed by atoms with Gasteiger partial charge in [0.25, 0.3) is 5.91 Å². The smallest absolute Gasteiger partial charge is 0.260 e. The maximum atomic E-state index is 13.7. The van der Waals surface area contributed by atoms with E-state index in [0.717, 1.165) is 34.7 Å². The lowest BCUT2D eigenvalue weighted by Gasteiger charge is -2.21. The maximum Gasteiger partial charge on any atom is 0.260 e. The van der Waals surface area contributed by atoms with Crippen molar-refractivity contribution in [1.29, 1.82) is 0 Å². The molecule has 4 aromatic rings. The summed E-state index contributed by atoms with van der Waals surface area (Å²) in [6, 6.07) is 22.7. The molecular formula is C27H30ClN3O3S. The zero-order valence-electron chi connectivity index (χ0n) is 20.1. The number of aromatic nitrogens is 1. The van der Waals surface area contributed by atoms with Gasteiger partial charge in [0.1, 0.15) is 22.8 Å². The molecule has 0 spiro atoms. The van der Waals surface area contributed by atoms with Gasteiger partial charge in [-0.2, -0.15) is 0 Å². The minimum atomic E-state index is -0.103. The van der Waals surface area contributed by atoms with Gasteiger partial charge in [0, 0.05) is 12.1 Å². The van der Waals surface area contributed by atoms with Crippen molar-refractivity contribution >= 4 is 45.0 Å². The van der Waals surface area contributed by atoms with E-state index >= 15 is 0 Å².